The van der Waals surface area contributed by atoms with Crippen LogP contribution in [0.25, 0.3) is 0 Å². The van der Waals surface area contributed by atoms with Crippen LogP contribution in [0.15, 0.2) is 0 Å². The normalized spacial score (nSPS) is 18.9. The Kier molecular flexibility index (Phi) is 12.3. The number of esters is 3. The Labute approximate surface area is 217 Å². The molecule has 0 radical (unpaired) electrons. The molecule has 1 fully saturated rings. The number of nitrogens with zero attached hydrogens (tertiary/aromatic N) is 1. The van der Waals surface area contributed by atoms with Gasteiger partial charge in [-0.3, -0.25) is 19.3 Å². The van der Waals surface area contributed by atoms with Crippen molar-refractivity contribution in [3.8, 4) is 0 Å². The molecule has 0 atom stereocenters. The highest BCUT2D eigenvalue weighted by Gasteiger charge is 2.44. The molecule has 0 amide bonds. The molecule has 1 saturated heterocycles. The fourth-order valence-corrected chi connectivity index (χ4v) is 3.91. The topological polar surface area (TPSA) is 118 Å². The second-order valence-corrected chi connectivity index (χ2v) is 12.5. The van der Waals surface area contributed by atoms with Gasteiger partial charge in [-0.05, 0) is 81.8 Å². The van der Waals surface area contributed by atoms with E-state index in [1.807, 2.05) is 4.90 Å². The SMILES string of the molecule is CC(C)(C)OC(=O)CN1CNCCNCCCNCC1(CC(=O)OC(C)(C)C)CC(=O)OC(C)(C)C. The summed E-state index contributed by atoms with van der Waals surface area (Å²) in [7, 11) is 0. The van der Waals surface area contributed by atoms with Crippen molar-refractivity contribution in [2.45, 2.75) is 104 Å². The highest BCUT2D eigenvalue weighted by atomic mass is 16.6. The van der Waals surface area contributed by atoms with E-state index in [0.717, 1.165) is 19.5 Å². The number of rotatable bonds is 6. The Morgan fingerprint density at radius 2 is 1.11 bits per heavy atom. The first-order valence-electron chi connectivity index (χ1n) is 12.9. The van der Waals surface area contributed by atoms with Crippen molar-refractivity contribution in [1.29, 1.82) is 0 Å². The average Bonchev–Trinajstić information content (AvgIpc) is 2.62. The molecular weight excluding hydrogens is 464 g/mol. The molecule has 1 rings (SSSR count). The zero-order valence-electron chi connectivity index (χ0n) is 24.0. The Morgan fingerprint density at radius 1 is 0.667 bits per heavy atom. The summed E-state index contributed by atoms with van der Waals surface area (Å²) in [6.45, 7) is 19.6. The molecule has 0 aromatic rings. The molecule has 0 saturated carbocycles. The quantitative estimate of drug-likeness (QED) is 0.359. The van der Waals surface area contributed by atoms with Crippen molar-refractivity contribution < 1.29 is 28.6 Å². The van der Waals surface area contributed by atoms with E-state index in [0.29, 0.717) is 13.1 Å². The number of ether oxygens (including phenoxy) is 3. The Morgan fingerprint density at radius 3 is 1.61 bits per heavy atom. The van der Waals surface area contributed by atoms with Gasteiger partial charge < -0.3 is 30.2 Å². The third-order valence-electron chi connectivity index (χ3n) is 5.14. The third-order valence-corrected chi connectivity index (χ3v) is 5.14. The molecule has 3 N–H and O–H groups in total. The minimum absolute atomic E-state index is 0.0980. The van der Waals surface area contributed by atoms with Crippen LogP contribution in [-0.2, 0) is 28.6 Å². The highest BCUT2D eigenvalue weighted by Crippen LogP contribution is 2.28. The third kappa shape index (κ3) is 14.1. The van der Waals surface area contributed by atoms with Crippen LogP contribution in [0.1, 0.15) is 81.6 Å². The van der Waals surface area contributed by atoms with Crippen LogP contribution >= 0.6 is 0 Å². The van der Waals surface area contributed by atoms with Gasteiger partial charge in [0, 0.05) is 26.3 Å². The van der Waals surface area contributed by atoms with Gasteiger partial charge in [-0.25, -0.2) is 0 Å². The number of hydrogen-bond acceptors (Lipinski definition) is 10. The molecule has 1 heterocycles. The summed E-state index contributed by atoms with van der Waals surface area (Å²) < 4.78 is 16.9. The lowest BCUT2D eigenvalue weighted by Crippen LogP contribution is -2.62. The van der Waals surface area contributed by atoms with Crippen LogP contribution < -0.4 is 16.0 Å². The summed E-state index contributed by atoms with van der Waals surface area (Å²) in [6.07, 6.45) is 0.680. The lowest BCUT2D eigenvalue weighted by molar-refractivity contribution is -0.169. The molecular formula is C26H50N4O6. The summed E-state index contributed by atoms with van der Waals surface area (Å²) in [6, 6.07) is 0. The van der Waals surface area contributed by atoms with E-state index in [1.165, 1.54) is 0 Å². The van der Waals surface area contributed by atoms with Crippen molar-refractivity contribution in [1.82, 2.24) is 20.9 Å². The largest absolute Gasteiger partial charge is 0.460 e. The maximum atomic E-state index is 13.2. The lowest BCUT2D eigenvalue weighted by Gasteiger charge is -2.44. The Balaban J connectivity index is 3.44. The second-order valence-electron chi connectivity index (χ2n) is 12.5. The van der Waals surface area contributed by atoms with Gasteiger partial charge in [-0.15, -0.1) is 0 Å². The van der Waals surface area contributed by atoms with E-state index in [4.69, 9.17) is 14.2 Å². The number of carbonyl (C=O) groups excluding carboxylic acids is 3. The van der Waals surface area contributed by atoms with Crippen LogP contribution in [0.4, 0.5) is 0 Å². The van der Waals surface area contributed by atoms with Gasteiger partial charge in [0.25, 0.3) is 0 Å². The van der Waals surface area contributed by atoms with Gasteiger partial charge in [0.05, 0.1) is 24.9 Å². The molecule has 0 aromatic carbocycles. The fourth-order valence-electron chi connectivity index (χ4n) is 3.91. The lowest BCUT2D eigenvalue weighted by atomic mass is 9.88. The first-order valence-corrected chi connectivity index (χ1v) is 12.9. The van der Waals surface area contributed by atoms with Gasteiger partial charge in [-0.2, -0.15) is 0 Å². The predicted molar refractivity (Wildman–Crippen MR) is 139 cm³/mol. The van der Waals surface area contributed by atoms with Crippen LogP contribution in [0.3, 0.4) is 0 Å². The molecule has 0 bridgehead atoms. The van der Waals surface area contributed by atoms with E-state index >= 15 is 0 Å². The van der Waals surface area contributed by atoms with Crippen molar-refractivity contribution in [3.63, 3.8) is 0 Å². The molecule has 1 aliphatic heterocycles. The van der Waals surface area contributed by atoms with Crippen molar-refractivity contribution in [3.05, 3.63) is 0 Å². The standard InChI is InChI=1S/C26H50N4O6/c1-23(2,3)34-20(31)15-26(16-21(32)35-24(4,5)6)18-28-12-10-11-27-13-14-29-19-30(26)17-22(33)36-25(7,8)9/h27-29H,10-19H2,1-9H3. The fraction of sp³-hybridized carbons (Fsp3) is 0.885. The van der Waals surface area contributed by atoms with Crippen molar-refractivity contribution >= 4 is 17.9 Å². The average molecular weight is 515 g/mol. The molecule has 0 unspecified atom stereocenters. The summed E-state index contributed by atoms with van der Waals surface area (Å²) in [4.78, 5) is 41.1. The minimum Gasteiger partial charge on any atom is -0.460 e. The molecule has 210 valence electrons. The van der Waals surface area contributed by atoms with Gasteiger partial charge in [0.1, 0.15) is 16.8 Å². The second kappa shape index (κ2) is 13.7. The zero-order chi connectivity index (χ0) is 27.6. The van der Waals surface area contributed by atoms with Gasteiger partial charge in [-0.1, -0.05) is 0 Å². The van der Waals surface area contributed by atoms with Crippen molar-refractivity contribution in [2.75, 3.05) is 45.9 Å². The molecule has 1 aliphatic rings. The van der Waals surface area contributed by atoms with Crippen molar-refractivity contribution in [2.24, 2.45) is 0 Å². The Bertz CT molecular complexity index is 691. The van der Waals surface area contributed by atoms with Crippen LogP contribution in [0.2, 0.25) is 0 Å². The first kappa shape index (κ1) is 32.3. The smallest absolute Gasteiger partial charge is 0.320 e. The zero-order valence-corrected chi connectivity index (χ0v) is 24.0. The van der Waals surface area contributed by atoms with Crippen LogP contribution in [-0.4, -0.2) is 91.1 Å². The van der Waals surface area contributed by atoms with E-state index in [2.05, 4.69) is 16.0 Å². The van der Waals surface area contributed by atoms with E-state index in [1.54, 1.807) is 62.3 Å². The summed E-state index contributed by atoms with van der Waals surface area (Å²) in [5.74, 6) is -1.33. The molecule has 10 heteroatoms. The molecule has 0 spiro atoms. The van der Waals surface area contributed by atoms with Gasteiger partial charge >= 0.3 is 17.9 Å². The van der Waals surface area contributed by atoms with E-state index in [-0.39, 0.29) is 32.6 Å². The van der Waals surface area contributed by atoms with E-state index < -0.39 is 40.2 Å². The summed E-state index contributed by atoms with van der Waals surface area (Å²) >= 11 is 0. The van der Waals surface area contributed by atoms with E-state index in [9.17, 15) is 14.4 Å². The predicted octanol–water partition coefficient (Wildman–Crippen LogP) is 1.96. The number of hydrogen-bond donors (Lipinski definition) is 3. The monoisotopic (exact) mass is 514 g/mol. The van der Waals surface area contributed by atoms with Gasteiger partial charge in [0.2, 0.25) is 0 Å². The number of nitrogens with one attached hydrogen (secondary N) is 3. The molecule has 36 heavy (non-hydrogen) atoms. The molecule has 0 aromatic heterocycles. The van der Waals surface area contributed by atoms with Crippen LogP contribution in [0, 0.1) is 0 Å². The number of carbonyl (C=O) groups is 3. The van der Waals surface area contributed by atoms with Crippen LogP contribution in [0.5, 0.6) is 0 Å². The molecule has 0 aliphatic carbocycles. The first-order chi connectivity index (χ1) is 16.4. The summed E-state index contributed by atoms with van der Waals surface area (Å²) in [5, 5.41) is 10.1. The Hall–Kier alpha value is -1.75. The highest BCUT2D eigenvalue weighted by molar-refractivity contribution is 5.77. The summed E-state index contributed by atoms with van der Waals surface area (Å²) in [5.41, 5.74) is -3.13. The maximum Gasteiger partial charge on any atom is 0.320 e. The maximum absolute atomic E-state index is 13.2. The molecule has 10 nitrogen and oxygen atoms in total. The minimum atomic E-state index is -1.08. The van der Waals surface area contributed by atoms with Gasteiger partial charge in [0.15, 0.2) is 0 Å².